The van der Waals surface area contributed by atoms with Gasteiger partial charge in [0.25, 0.3) is 0 Å². The van der Waals surface area contributed by atoms with Gasteiger partial charge in [-0.3, -0.25) is 0 Å². The van der Waals surface area contributed by atoms with E-state index in [2.05, 4.69) is 19.7 Å². The second-order valence-electron chi connectivity index (χ2n) is 14.4. The molecule has 0 rings (SSSR count). The fourth-order valence-electron chi connectivity index (χ4n) is 6.44. The number of hydrogen-bond acceptors (Lipinski definition) is 5. The zero-order valence-corrected chi connectivity index (χ0v) is 33.8. The van der Waals surface area contributed by atoms with Gasteiger partial charge in [0.2, 0.25) is 8.32 Å². The van der Waals surface area contributed by atoms with Crippen LogP contribution in [0.25, 0.3) is 0 Å². The van der Waals surface area contributed by atoms with Crippen LogP contribution >= 0.6 is 0 Å². The van der Waals surface area contributed by atoms with E-state index in [1.54, 1.807) is 6.92 Å². The van der Waals surface area contributed by atoms with Crippen molar-refractivity contribution in [2.75, 3.05) is 19.8 Å². The summed E-state index contributed by atoms with van der Waals surface area (Å²) in [6, 6.07) is 0.963. The first kappa shape index (κ1) is 46.3. The third-order valence-electron chi connectivity index (χ3n) is 9.93. The number of esters is 1. The molecular weight excluding hydrogens is 675 g/mol. The van der Waals surface area contributed by atoms with E-state index in [9.17, 15) is 31.1 Å². The van der Waals surface area contributed by atoms with E-state index in [-0.39, 0.29) is 25.3 Å². The molecule has 0 heterocycles. The van der Waals surface area contributed by atoms with Crippen LogP contribution in [0.15, 0.2) is 12.2 Å². The van der Waals surface area contributed by atoms with Gasteiger partial charge in [0.1, 0.15) is 6.61 Å². The van der Waals surface area contributed by atoms with Crippen molar-refractivity contribution in [1.29, 1.82) is 0 Å². The van der Waals surface area contributed by atoms with Crippen molar-refractivity contribution in [1.82, 2.24) is 0 Å². The van der Waals surface area contributed by atoms with Crippen LogP contribution in [0.1, 0.15) is 99.3 Å². The Labute approximate surface area is 284 Å². The number of carbonyl (C=O) groups excluding carboxylic acids is 1. The minimum atomic E-state index is -4.41. The zero-order valence-electron chi connectivity index (χ0n) is 30.8. The number of halogens is 6. The van der Waals surface area contributed by atoms with Crippen molar-refractivity contribution in [3.8, 4) is 0 Å². The molecule has 0 aliphatic heterocycles. The van der Waals surface area contributed by atoms with Gasteiger partial charge in [-0.05, 0) is 70.8 Å². The number of rotatable bonds is 25. The summed E-state index contributed by atoms with van der Waals surface area (Å²) < 4.78 is 107. The molecule has 0 N–H and O–H groups in total. The number of ether oxygens (including phenoxy) is 2. The lowest BCUT2D eigenvalue weighted by atomic mass is 10.1. The van der Waals surface area contributed by atoms with Crippen molar-refractivity contribution in [2.45, 2.75) is 172 Å². The van der Waals surface area contributed by atoms with E-state index in [0.717, 1.165) is 18.9 Å². The maximum absolute atomic E-state index is 13.9. The van der Waals surface area contributed by atoms with Crippen LogP contribution in [0.5, 0.6) is 0 Å². The number of carbonyl (C=O) groups is 1. The summed E-state index contributed by atoms with van der Waals surface area (Å²) >= 11 is 0. The third kappa shape index (κ3) is 15.8. The molecular formula is C33H64F6O5Si3. The summed E-state index contributed by atoms with van der Waals surface area (Å²) in [4.78, 5) is 11.6. The summed E-state index contributed by atoms with van der Waals surface area (Å²) in [7, 11) is -8.82. The lowest BCUT2D eigenvalue weighted by Crippen LogP contribution is -2.69. The van der Waals surface area contributed by atoms with Crippen molar-refractivity contribution in [3.63, 3.8) is 0 Å². The summed E-state index contributed by atoms with van der Waals surface area (Å²) in [5, 5.41) is -1.76. The molecule has 4 atom stereocenters. The van der Waals surface area contributed by atoms with E-state index >= 15 is 0 Å². The smallest absolute Gasteiger partial charge is 0.388 e. The zero-order chi connectivity index (χ0) is 36.8. The van der Waals surface area contributed by atoms with E-state index in [0.29, 0.717) is 50.3 Å². The molecule has 4 unspecified atom stereocenters. The second-order valence-corrected chi connectivity index (χ2v) is 27.9. The molecule has 0 radical (unpaired) electrons. The molecule has 14 heteroatoms. The molecule has 280 valence electrons. The number of alkyl halides is 6. The third-order valence-corrected chi connectivity index (χ3v) is 23.5. The van der Waals surface area contributed by atoms with Gasteiger partial charge in [-0.2, -0.15) is 26.3 Å². The Morgan fingerprint density at radius 2 is 1.28 bits per heavy atom. The molecule has 0 aromatic rings. The van der Waals surface area contributed by atoms with Crippen molar-refractivity contribution < 1.29 is 49.5 Å². The van der Waals surface area contributed by atoms with E-state index in [1.807, 2.05) is 47.7 Å². The molecule has 0 aliphatic rings. The Bertz CT molecular complexity index is 951. The van der Waals surface area contributed by atoms with E-state index < -0.39 is 66.3 Å². The van der Waals surface area contributed by atoms with Gasteiger partial charge in [-0.25, -0.2) is 4.79 Å². The van der Waals surface area contributed by atoms with Crippen LogP contribution in [0.2, 0.25) is 50.4 Å². The maximum atomic E-state index is 13.9. The van der Waals surface area contributed by atoms with Gasteiger partial charge >= 0.3 is 18.3 Å². The van der Waals surface area contributed by atoms with Gasteiger partial charge in [0.15, 0.2) is 8.32 Å². The topological polar surface area (TPSA) is 54.0 Å². The highest BCUT2D eigenvalue weighted by Crippen LogP contribution is 2.47. The van der Waals surface area contributed by atoms with Crippen molar-refractivity contribution >= 4 is 30.7 Å². The largest absolute Gasteiger partial charge is 0.460 e. The van der Waals surface area contributed by atoms with Gasteiger partial charge in [-0.1, -0.05) is 72.7 Å². The quantitative estimate of drug-likeness (QED) is 0.0307. The monoisotopic (exact) mass is 738 g/mol. The molecule has 0 aliphatic carbocycles. The molecule has 0 saturated carbocycles. The molecule has 0 bridgehead atoms. The van der Waals surface area contributed by atoms with Crippen molar-refractivity contribution in [3.05, 3.63) is 12.2 Å². The van der Waals surface area contributed by atoms with Crippen LogP contribution in [0, 0.1) is 0 Å². The average molecular weight is 739 g/mol. The minimum Gasteiger partial charge on any atom is -0.460 e. The molecule has 0 amide bonds. The first-order valence-electron chi connectivity index (χ1n) is 17.3. The van der Waals surface area contributed by atoms with Crippen molar-refractivity contribution in [2.24, 2.45) is 0 Å². The van der Waals surface area contributed by atoms with Gasteiger partial charge < -0.3 is 18.3 Å². The molecule has 0 saturated heterocycles. The SMILES string of the molecule is C=C(C)C(=O)OCCOCCC[Si](C)(C)C(CC)(CCC)O[Si](C)(CCC(F)(F)F)C(C)(CC)O[Si](C)(CCCC)CCC(F)(F)F. The molecule has 0 aromatic heterocycles. The average Bonchev–Trinajstić information content (AvgIpc) is 2.96. The second kappa shape index (κ2) is 19.6. The predicted octanol–water partition coefficient (Wildman–Crippen LogP) is 11.3. The Morgan fingerprint density at radius 3 is 1.74 bits per heavy atom. The summed E-state index contributed by atoms with van der Waals surface area (Å²) in [6.07, 6.45) is -6.11. The first-order valence-corrected chi connectivity index (χ1v) is 26.0. The maximum Gasteiger partial charge on any atom is 0.388 e. The Balaban J connectivity index is 6.47. The Hall–Kier alpha value is -0.679. The van der Waals surface area contributed by atoms with Gasteiger partial charge in [0, 0.05) is 30.2 Å². The van der Waals surface area contributed by atoms with Crippen LogP contribution in [0.3, 0.4) is 0 Å². The Morgan fingerprint density at radius 1 is 0.702 bits per heavy atom. The number of unbranched alkanes of at least 4 members (excludes halogenated alkanes) is 1. The summed E-state index contributed by atoms with van der Waals surface area (Å²) in [5.74, 6) is -0.471. The van der Waals surface area contributed by atoms with Crippen LogP contribution < -0.4 is 0 Å². The number of hydrogen-bond donors (Lipinski definition) is 0. The van der Waals surface area contributed by atoms with Crippen LogP contribution in [-0.4, -0.2) is 73.3 Å². The van der Waals surface area contributed by atoms with Crippen LogP contribution in [0.4, 0.5) is 26.3 Å². The fraction of sp³-hybridized carbons (Fsp3) is 0.909. The highest BCUT2D eigenvalue weighted by Gasteiger charge is 2.58. The molecule has 5 nitrogen and oxygen atoms in total. The lowest BCUT2D eigenvalue weighted by molar-refractivity contribution is -0.140. The minimum absolute atomic E-state index is 0.118. The van der Waals surface area contributed by atoms with Gasteiger partial charge in [0.05, 0.1) is 19.9 Å². The fourth-order valence-corrected chi connectivity index (χ4v) is 20.3. The van der Waals surface area contributed by atoms with Crippen LogP contribution in [-0.2, 0) is 23.1 Å². The normalized spacial score (nSPS) is 18.1. The predicted molar refractivity (Wildman–Crippen MR) is 186 cm³/mol. The summed E-state index contributed by atoms with van der Waals surface area (Å²) in [5.41, 5.74) is 0.314. The summed E-state index contributed by atoms with van der Waals surface area (Å²) in [6.45, 7) is 23.7. The van der Waals surface area contributed by atoms with E-state index in [4.69, 9.17) is 18.3 Å². The molecule has 47 heavy (non-hydrogen) atoms. The first-order chi connectivity index (χ1) is 21.4. The molecule has 0 aromatic carbocycles. The van der Waals surface area contributed by atoms with Gasteiger partial charge in [-0.15, -0.1) is 0 Å². The standard InChI is InChI=1S/C33H64F6O5Si3/c1-12-16-25-46(10,26-19-32(34,35)36)43-30(7,14-3)47(11,27-20-33(37,38)39)44-31(15-4,18-13-2)45(8,9)24-17-21-41-22-23-42-29(40)28(5)6/h5,12-27H2,1-4,6-11H3. The highest BCUT2D eigenvalue weighted by atomic mass is 28.4. The highest BCUT2D eigenvalue weighted by molar-refractivity contribution is 6.83. The lowest BCUT2D eigenvalue weighted by Gasteiger charge is -2.56. The van der Waals surface area contributed by atoms with E-state index in [1.165, 1.54) is 0 Å². The Kier molecular flexibility index (Phi) is 19.4. The molecule has 0 fully saturated rings. The molecule has 0 spiro atoms.